The van der Waals surface area contributed by atoms with Crippen molar-refractivity contribution in [3.63, 3.8) is 0 Å². The third-order valence-electron chi connectivity index (χ3n) is 4.46. The minimum Gasteiger partial charge on any atom is -0.496 e. The quantitative estimate of drug-likeness (QED) is 0.393. The van der Waals surface area contributed by atoms with Gasteiger partial charge in [-0.25, -0.2) is 0 Å². The van der Waals surface area contributed by atoms with E-state index < -0.39 is 0 Å². The SMILES string of the molecule is CN=C(NCC(=O)N1CCc2ccccc21)NCc1ccccc1OC.I. The number of nitrogens with one attached hydrogen (secondary N) is 2. The molecule has 2 aromatic carbocycles. The molecule has 0 bridgehead atoms. The Labute approximate surface area is 177 Å². The topological polar surface area (TPSA) is 66.0 Å². The minimum absolute atomic E-state index is 0. The molecular weight excluding hydrogens is 455 g/mol. The zero-order chi connectivity index (χ0) is 18.4. The van der Waals surface area contributed by atoms with E-state index in [0.717, 1.165) is 30.0 Å². The van der Waals surface area contributed by atoms with Crippen molar-refractivity contribution in [3.8, 4) is 5.75 Å². The molecule has 0 fully saturated rings. The highest BCUT2D eigenvalue weighted by Crippen LogP contribution is 2.27. The molecule has 1 aliphatic rings. The number of para-hydroxylation sites is 2. The van der Waals surface area contributed by atoms with Gasteiger partial charge < -0.3 is 20.3 Å². The first kappa shape index (κ1) is 21.0. The van der Waals surface area contributed by atoms with Crippen molar-refractivity contribution in [2.75, 3.05) is 32.1 Å². The summed E-state index contributed by atoms with van der Waals surface area (Å²) in [5, 5.41) is 6.31. The molecule has 0 spiro atoms. The number of carbonyl (C=O) groups is 1. The first-order valence-electron chi connectivity index (χ1n) is 8.67. The van der Waals surface area contributed by atoms with Gasteiger partial charge in [0.2, 0.25) is 5.91 Å². The number of anilines is 1. The maximum absolute atomic E-state index is 12.6. The monoisotopic (exact) mass is 480 g/mol. The van der Waals surface area contributed by atoms with Gasteiger partial charge in [-0.15, -0.1) is 24.0 Å². The summed E-state index contributed by atoms with van der Waals surface area (Å²) >= 11 is 0. The van der Waals surface area contributed by atoms with E-state index in [4.69, 9.17) is 4.74 Å². The molecule has 0 radical (unpaired) electrons. The Hall–Kier alpha value is -2.29. The number of benzene rings is 2. The van der Waals surface area contributed by atoms with E-state index in [0.29, 0.717) is 12.5 Å². The molecule has 0 unspecified atom stereocenters. The van der Waals surface area contributed by atoms with Gasteiger partial charge in [0.25, 0.3) is 0 Å². The molecule has 7 heteroatoms. The number of fused-ring (bicyclic) bond motifs is 1. The van der Waals surface area contributed by atoms with Gasteiger partial charge in [-0.3, -0.25) is 9.79 Å². The lowest BCUT2D eigenvalue weighted by Crippen LogP contribution is -2.44. The van der Waals surface area contributed by atoms with Crippen LogP contribution in [-0.2, 0) is 17.8 Å². The number of rotatable bonds is 5. The lowest BCUT2D eigenvalue weighted by atomic mass is 10.2. The Bertz CT molecular complexity index is 810. The number of methoxy groups -OCH3 is 1. The van der Waals surface area contributed by atoms with Crippen molar-refractivity contribution in [2.45, 2.75) is 13.0 Å². The summed E-state index contributed by atoms with van der Waals surface area (Å²) in [7, 11) is 3.34. The van der Waals surface area contributed by atoms with E-state index in [-0.39, 0.29) is 36.4 Å². The van der Waals surface area contributed by atoms with E-state index in [2.05, 4.69) is 21.7 Å². The van der Waals surface area contributed by atoms with E-state index in [1.165, 1.54) is 5.56 Å². The first-order valence-corrected chi connectivity index (χ1v) is 8.67. The molecule has 0 saturated heterocycles. The van der Waals surface area contributed by atoms with E-state index in [1.54, 1.807) is 14.2 Å². The maximum Gasteiger partial charge on any atom is 0.246 e. The van der Waals surface area contributed by atoms with Crippen LogP contribution in [0.25, 0.3) is 0 Å². The Morgan fingerprint density at radius 2 is 1.89 bits per heavy atom. The second-order valence-corrected chi connectivity index (χ2v) is 6.02. The summed E-state index contributed by atoms with van der Waals surface area (Å²) in [5.74, 6) is 1.44. The molecule has 1 amide bonds. The summed E-state index contributed by atoms with van der Waals surface area (Å²) in [6.45, 7) is 1.48. The van der Waals surface area contributed by atoms with Crippen LogP contribution in [0.1, 0.15) is 11.1 Å². The highest BCUT2D eigenvalue weighted by Gasteiger charge is 2.23. The number of guanidine groups is 1. The zero-order valence-electron chi connectivity index (χ0n) is 15.6. The fourth-order valence-electron chi connectivity index (χ4n) is 3.10. The molecule has 0 aromatic heterocycles. The van der Waals surface area contributed by atoms with Gasteiger partial charge in [-0.1, -0.05) is 36.4 Å². The van der Waals surface area contributed by atoms with Gasteiger partial charge in [0.1, 0.15) is 5.75 Å². The van der Waals surface area contributed by atoms with Crippen LogP contribution in [0.5, 0.6) is 5.75 Å². The summed E-state index contributed by atoms with van der Waals surface area (Å²) in [6, 6.07) is 15.8. The van der Waals surface area contributed by atoms with Gasteiger partial charge >= 0.3 is 0 Å². The van der Waals surface area contributed by atoms with E-state index in [9.17, 15) is 4.79 Å². The number of hydrogen-bond acceptors (Lipinski definition) is 3. The number of halogens is 1. The van der Waals surface area contributed by atoms with Crippen LogP contribution >= 0.6 is 24.0 Å². The fourth-order valence-corrected chi connectivity index (χ4v) is 3.10. The number of carbonyl (C=O) groups excluding carboxylic acids is 1. The number of nitrogens with zero attached hydrogens (tertiary/aromatic N) is 2. The molecule has 0 atom stereocenters. The second-order valence-electron chi connectivity index (χ2n) is 6.02. The normalized spacial score (nSPS) is 12.8. The van der Waals surface area contributed by atoms with Gasteiger partial charge in [0.05, 0.1) is 13.7 Å². The predicted octanol–water partition coefficient (Wildman–Crippen LogP) is 2.57. The van der Waals surface area contributed by atoms with Crippen LogP contribution in [0.4, 0.5) is 5.69 Å². The van der Waals surface area contributed by atoms with E-state index in [1.807, 2.05) is 47.4 Å². The van der Waals surface area contributed by atoms with Crippen molar-refractivity contribution in [2.24, 2.45) is 4.99 Å². The Balaban J connectivity index is 0.00000261. The lowest BCUT2D eigenvalue weighted by Gasteiger charge is -2.19. The third kappa shape index (κ3) is 5.12. The summed E-state index contributed by atoms with van der Waals surface area (Å²) in [4.78, 5) is 18.6. The number of ether oxygens (including phenoxy) is 1. The number of hydrogen-bond donors (Lipinski definition) is 2. The van der Waals surface area contributed by atoms with Crippen LogP contribution in [-0.4, -0.2) is 39.1 Å². The standard InChI is InChI=1S/C20H24N4O2.HI/c1-21-20(22-13-16-8-4-6-10-18(16)26-2)23-14-19(25)24-12-11-15-7-3-5-9-17(15)24;/h3-10H,11-14H2,1-2H3,(H2,21,22,23);1H. The Morgan fingerprint density at radius 3 is 2.67 bits per heavy atom. The fraction of sp³-hybridized carbons (Fsp3) is 0.300. The molecule has 0 saturated carbocycles. The van der Waals surface area contributed by atoms with Crippen LogP contribution in [0.2, 0.25) is 0 Å². The number of amides is 1. The van der Waals surface area contributed by atoms with Crippen LogP contribution in [0.3, 0.4) is 0 Å². The van der Waals surface area contributed by atoms with Gasteiger partial charge in [-0.2, -0.15) is 0 Å². The van der Waals surface area contributed by atoms with Crippen molar-refractivity contribution in [1.82, 2.24) is 10.6 Å². The van der Waals surface area contributed by atoms with E-state index >= 15 is 0 Å². The highest BCUT2D eigenvalue weighted by atomic mass is 127. The molecular formula is C20H25IN4O2. The summed E-state index contributed by atoms with van der Waals surface area (Å²) < 4.78 is 5.35. The molecule has 1 aliphatic heterocycles. The lowest BCUT2D eigenvalue weighted by molar-refractivity contribution is -0.117. The number of aliphatic imine (C=N–C) groups is 1. The van der Waals surface area contributed by atoms with Crippen molar-refractivity contribution in [1.29, 1.82) is 0 Å². The van der Waals surface area contributed by atoms with Gasteiger partial charge in [0.15, 0.2) is 5.96 Å². The van der Waals surface area contributed by atoms with Crippen LogP contribution < -0.4 is 20.3 Å². The van der Waals surface area contributed by atoms with Gasteiger partial charge in [-0.05, 0) is 24.1 Å². The van der Waals surface area contributed by atoms with Crippen molar-refractivity contribution in [3.05, 3.63) is 59.7 Å². The average Bonchev–Trinajstić information content (AvgIpc) is 3.12. The zero-order valence-corrected chi connectivity index (χ0v) is 17.9. The molecule has 6 nitrogen and oxygen atoms in total. The molecule has 1 heterocycles. The van der Waals surface area contributed by atoms with Gasteiger partial charge in [0, 0.05) is 31.4 Å². The molecule has 27 heavy (non-hydrogen) atoms. The summed E-state index contributed by atoms with van der Waals surface area (Å²) in [5.41, 5.74) is 3.26. The van der Waals surface area contributed by atoms with Crippen molar-refractivity contribution >= 4 is 41.5 Å². The first-order chi connectivity index (χ1) is 12.7. The molecule has 3 rings (SSSR count). The highest BCUT2D eigenvalue weighted by molar-refractivity contribution is 14.0. The second kappa shape index (κ2) is 10.1. The largest absolute Gasteiger partial charge is 0.496 e. The molecule has 144 valence electrons. The van der Waals surface area contributed by atoms with Crippen molar-refractivity contribution < 1.29 is 9.53 Å². The summed E-state index contributed by atoms with van der Waals surface area (Å²) in [6.07, 6.45) is 0.905. The van der Waals surface area contributed by atoms with Crippen LogP contribution in [0.15, 0.2) is 53.5 Å². The smallest absolute Gasteiger partial charge is 0.246 e. The third-order valence-corrected chi connectivity index (χ3v) is 4.46. The Kier molecular flexibility index (Phi) is 7.90. The molecule has 0 aliphatic carbocycles. The minimum atomic E-state index is 0. The molecule has 2 N–H and O–H groups in total. The average molecular weight is 480 g/mol. The predicted molar refractivity (Wildman–Crippen MR) is 119 cm³/mol. The Morgan fingerprint density at radius 1 is 1.15 bits per heavy atom. The van der Waals surface area contributed by atoms with Crippen LogP contribution in [0, 0.1) is 0 Å². The maximum atomic E-state index is 12.6. The molecule has 2 aromatic rings.